The van der Waals surface area contributed by atoms with E-state index in [9.17, 15) is 19.8 Å². The van der Waals surface area contributed by atoms with Gasteiger partial charge in [0, 0.05) is 43.0 Å². The first-order chi connectivity index (χ1) is 18.4. The van der Waals surface area contributed by atoms with Gasteiger partial charge in [-0.3, -0.25) is 4.79 Å². The summed E-state index contributed by atoms with van der Waals surface area (Å²) in [5, 5.41) is 24.6. The van der Waals surface area contributed by atoms with Gasteiger partial charge in [-0.2, -0.15) is 0 Å². The summed E-state index contributed by atoms with van der Waals surface area (Å²) in [6.45, 7) is 7.38. The lowest BCUT2D eigenvalue weighted by Crippen LogP contribution is -2.37. The second kappa shape index (κ2) is 14.9. The van der Waals surface area contributed by atoms with E-state index >= 15 is 0 Å². The largest absolute Gasteiger partial charge is 0.504 e. The van der Waals surface area contributed by atoms with Crippen molar-refractivity contribution in [1.29, 1.82) is 0 Å². The molecule has 0 radical (unpaired) electrons. The first-order valence-corrected chi connectivity index (χ1v) is 13.2. The molecule has 2 bridgehead atoms. The van der Waals surface area contributed by atoms with E-state index in [-0.39, 0.29) is 23.5 Å². The number of rotatable bonds is 4. The molecule has 1 heterocycles. The number of nitrogens with one attached hydrogen (secondary N) is 1. The van der Waals surface area contributed by atoms with E-state index in [4.69, 9.17) is 24.7 Å². The minimum absolute atomic E-state index is 0.0219. The van der Waals surface area contributed by atoms with Gasteiger partial charge in [-0.1, -0.05) is 26.0 Å². The number of primary amides is 1. The van der Waals surface area contributed by atoms with Crippen LogP contribution in [0.25, 0.3) is 0 Å². The molecule has 0 aliphatic carbocycles. The number of aromatic hydroxyl groups is 1. The van der Waals surface area contributed by atoms with E-state index in [1.54, 1.807) is 33.1 Å². The number of phenols is 1. The molecule has 2 amide bonds. The van der Waals surface area contributed by atoms with Crippen molar-refractivity contribution in [2.75, 3.05) is 26.6 Å². The zero-order valence-electron chi connectivity index (χ0n) is 24.0. The Hall–Kier alpha value is -3.08. The molecule has 218 valence electrons. The molecule has 0 spiro atoms. The van der Waals surface area contributed by atoms with Gasteiger partial charge in [0.25, 0.3) is 5.91 Å². The molecule has 1 aromatic carbocycles. The number of aliphatic hydroxyl groups excluding tert-OH is 1. The monoisotopic (exact) mass is 548 g/mol. The predicted octanol–water partition coefficient (Wildman–Crippen LogP) is 4.09. The van der Waals surface area contributed by atoms with Gasteiger partial charge in [0.2, 0.25) is 0 Å². The Bertz CT molecular complexity index is 1050. The van der Waals surface area contributed by atoms with Gasteiger partial charge in [0.05, 0.1) is 25.4 Å². The number of phenolic OH excluding ortho intramolecular Hbond substituents is 1. The van der Waals surface area contributed by atoms with E-state index < -0.39 is 30.5 Å². The van der Waals surface area contributed by atoms with Crippen LogP contribution in [0.1, 0.15) is 52.5 Å². The number of carbonyl (C=O) groups is 2. The van der Waals surface area contributed by atoms with Crippen LogP contribution >= 0.6 is 0 Å². The highest BCUT2D eigenvalue weighted by Crippen LogP contribution is 2.36. The van der Waals surface area contributed by atoms with Crippen molar-refractivity contribution in [2.24, 2.45) is 17.6 Å². The van der Waals surface area contributed by atoms with E-state index in [2.05, 4.69) is 5.32 Å². The fourth-order valence-electron chi connectivity index (χ4n) is 5.08. The second-order valence-corrected chi connectivity index (χ2v) is 10.3. The number of aliphatic hydroxyl groups is 1. The molecule has 10 heteroatoms. The number of carbonyl (C=O) groups excluding carboxylic acids is 2. The van der Waals surface area contributed by atoms with Gasteiger partial charge in [-0.25, -0.2) is 4.79 Å². The van der Waals surface area contributed by atoms with Gasteiger partial charge in [0.15, 0.2) is 17.6 Å². The van der Waals surface area contributed by atoms with Crippen LogP contribution < -0.4 is 15.8 Å². The highest BCUT2D eigenvalue weighted by Gasteiger charge is 2.30. The summed E-state index contributed by atoms with van der Waals surface area (Å²) in [5.41, 5.74) is 7.69. The summed E-state index contributed by atoms with van der Waals surface area (Å²) in [7, 11) is 4.55. The van der Waals surface area contributed by atoms with Crippen molar-refractivity contribution in [3.05, 3.63) is 41.0 Å². The number of ether oxygens (including phenoxy) is 4. The zero-order valence-corrected chi connectivity index (χ0v) is 24.0. The Morgan fingerprint density at radius 1 is 1.10 bits per heavy atom. The maximum Gasteiger partial charge on any atom is 0.405 e. The quantitative estimate of drug-likeness (QED) is 0.411. The zero-order chi connectivity index (χ0) is 29.3. The third kappa shape index (κ3) is 8.98. The fourth-order valence-corrected chi connectivity index (χ4v) is 5.08. The molecular weight excluding hydrogens is 504 g/mol. The third-order valence-electron chi connectivity index (χ3n) is 7.15. The van der Waals surface area contributed by atoms with Crippen molar-refractivity contribution in [1.82, 2.24) is 0 Å². The van der Waals surface area contributed by atoms with Crippen LogP contribution in [-0.4, -0.2) is 68.0 Å². The number of methoxy groups -OCH3 is 3. The third-order valence-corrected chi connectivity index (χ3v) is 7.15. The molecule has 6 unspecified atom stereocenters. The van der Waals surface area contributed by atoms with Crippen LogP contribution in [0.4, 0.5) is 10.5 Å². The van der Waals surface area contributed by atoms with E-state index in [1.165, 1.54) is 20.3 Å². The number of anilines is 1. The molecule has 1 aliphatic rings. The van der Waals surface area contributed by atoms with E-state index in [0.717, 1.165) is 5.56 Å². The van der Waals surface area contributed by atoms with Crippen molar-refractivity contribution >= 4 is 17.7 Å². The van der Waals surface area contributed by atoms with Gasteiger partial charge in [-0.15, -0.1) is 0 Å². The Kier molecular flexibility index (Phi) is 12.3. The Labute approximate surface area is 231 Å². The minimum Gasteiger partial charge on any atom is -0.504 e. The standard InChI is InChI=1S/C29H44N2O8/c1-16-11-20-14-21(15-22(32)27(20)38-7)31-28(34)17(2)9-8-10-23(36-5)26(39-29(30)35)19(4)13-18(3)25(33)24(12-16)37-6/h9,13-16,18,23-26,32-33H,8,10-12H2,1-7H3,(H2,30,35)(H,31,34). The lowest BCUT2D eigenvalue weighted by Gasteiger charge is -2.30. The van der Waals surface area contributed by atoms with Crippen LogP contribution in [0.2, 0.25) is 0 Å². The predicted molar refractivity (Wildman–Crippen MR) is 149 cm³/mol. The smallest absolute Gasteiger partial charge is 0.405 e. The number of allylic oxidation sites excluding steroid dienone is 1. The topological polar surface area (TPSA) is 150 Å². The molecule has 5 N–H and O–H groups in total. The maximum absolute atomic E-state index is 12.9. The first-order valence-electron chi connectivity index (χ1n) is 13.2. The number of benzene rings is 1. The highest BCUT2D eigenvalue weighted by molar-refractivity contribution is 6.03. The van der Waals surface area contributed by atoms with Crippen LogP contribution in [0.3, 0.4) is 0 Å². The summed E-state index contributed by atoms with van der Waals surface area (Å²) >= 11 is 0. The molecule has 6 atom stereocenters. The highest BCUT2D eigenvalue weighted by atomic mass is 16.6. The molecular formula is C29H44N2O8. The number of fused-ring (bicyclic) bond motifs is 2. The van der Waals surface area contributed by atoms with Gasteiger partial charge < -0.3 is 40.2 Å². The summed E-state index contributed by atoms with van der Waals surface area (Å²) in [4.78, 5) is 24.6. The number of hydrogen-bond acceptors (Lipinski definition) is 8. The molecule has 0 fully saturated rings. The summed E-state index contributed by atoms with van der Waals surface area (Å²) in [6, 6.07) is 3.24. The average molecular weight is 549 g/mol. The van der Waals surface area contributed by atoms with E-state index in [0.29, 0.717) is 48.3 Å². The Balaban J connectivity index is 2.53. The van der Waals surface area contributed by atoms with Gasteiger partial charge in [0.1, 0.15) is 0 Å². The summed E-state index contributed by atoms with van der Waals surface area (Å²) in [5.74, 6) is -0.375. The van der Waals surface area contributed by atoms with Crippen LogP contribution in [0, 0.1) is 11.8 Å². The van der Waals surface area contributed by atoms with Gasteiger partial charge >= 0.3 is 6.09 Å². The number of hydrogen-bond donors (Lipinski definition) is 4. The molecule has 1 aliphatic heterocycles. The van der Waals surface area contributed by atoms with Crippen molar-refractivity contribution in [2.45, 2.75) is 77.8 Å². The first kappa shape index (κ1) is 32.1. The van der Waals surface area contributed by atoms with Crippen molar-refractivity contribution < 1.29 is 38.7 Å². The summed E-state index contributed by atoms with van der Waals surface area (Å²) < 4.78 is 22.2. The van der Waals surface area contributed by atoms with Crippen LogP contribution in [0.15, 0.2) is 35.4 Å². The van der Waals surface area contributed by atoms with Crippen LogP contribution in [0.5, 0.6) is 11.5 Å². The van der Waals surface area contributed by atoms with Crippen molar-refractivity contribution in [3.63, 3.8) is 0 Å². The van der Waals surface area contributed by atoms with Gasteiger partial charge in [-0.05, 0) is 57.1 Å². The second-order valence-electron chi connectivity index (χ2n) is 10.3. The molecule has 10 nitrogen and oxygen atoms in total. The SMILES string of the molecule is COc1c(O)cc2cc1CC(C)CC(OC)C(O)C(C)C=C(C)C(OC(N)=O)C(OC)CCC=C(C)C(=O)N2. The van der Waals surface area contributed by atoms with E-state index in [1.807, 2.05) is 19.9 Å². The number of amides is 2. The lowest BCUT2D eigenvalue weighted by molar-refractivity contribution is -0.112. The summed E-state index contributed by atoms with van der Waals surface area (Å²) in [6.07, 6.45) is 1.95. The maximum atomic E-state index is 12.9. The fraction of sp³-hybridized carbons (Fsp3) is 0.586. The molecule has 2 rings (SSSR count). The molecule has 1 aromatic rings. The van der Waals surface area contributed by atoms with Crippen LogP contribution in [-0.2, 0) is 25.4 Å². The molecule has 0 saturated heterocycles. The lowest BCUT2D eigenvalue weighted by atomic mass is 9.88. The molecule has 0 aromatic heterocycles. The molecule has 39 heavy (non-hydrogen) atoms. The Morgan fingerprint density at radius 2 is 1.77 bits per heavy atom. The normalized spacial score (nSPS) is 27.6. The molecule has 0 saturated carbocycles. The van der Waals surface area contributed by atoms with Crippen molar-refractivity contribution in [3.8, 4) is 11.5 Å². The minimum atomic E-state index is -0.934. The number of nitrogens with two attached hydrogens (primary N) is 1. The Morgan fingerprint density at radius 3 is 2.36 bits per heavy atom. The average Bonchev–Trinajstić information content (AvgIpc) is 2.87.